The standard InChI is InChI=1S/C71H126O6/c1-4-7-10-13-16-19-22-25-28-30-31-32-33-34-35-36-37-38-39-40-41-42-44-46-49-52-55-58-61-64-70(73)76-67-68(66-75-69(72)63-60-57-54-51-48-45-27-24-21-18-15-12-9-6-3)77-71(74)65-62-59-56-53-50-47-43-29-26-23-20-17-14-11-8-5-2/h7,10,15-16,18-19,24-25,27-28,31-32,68H,4-6,8-9,11-14,17,20-23,26,29-30,33-67H2,1-3H3/b10-7-,18-15-,19-16-,27-24-,28-25-,32-31-. The molecule has 0 saturated carbocycles. The van der Waals surface area contributed by atoms with Gasteiger partial charge in [-0.2, -0.15) is 0 Å². The molecule has 0 rings (SSSR count). The second-order valence-corrected chi connectivity index (χ2v) is 22.4. The molecule has 6 heteroatoms. The number of esters is 3. The number of hydrogen-bond acceptors (Lipinski definition) is 6. The predicted octanol–water partition coefficient (Wildman–Crippen LogP) is 22.9. The van der Waals surface area contributed by atoms with Crippen molar-refractivity contribution in [1.29, 1.82) is 0 Å². The van der Waals surface area contributed by atoms with Crippen LogP contribution in [0, 0.1) is 0 Å². The van der Waals surface area contributed by atoms with E-state index in [1.165, 1.54) is 199 Å². The smallest absolute Gasteiger partial charge is 0.306 e. The molecule has 0 spiro atoms. The molecular weight excluding hydrogens is 949 g/mol. The summed E-state index contributed by atoms with van der Waals surface area (Å²) in [4.78, 5) is 38.3. The normalized spacial score (nSPS) is 12.5. The van der Waals surface area contributed by atoms with Crippen LogP contribution in [0.1, 0.15) is 342 Å². The van der Waals surface area contributed by atoms with Crippen molar-refractivity contribution >= 4 is 17.9 Å². The highest BCUT2D eigenvalue weighted by Gasteiger charge is 2.19. The average Bonchev–Trinajstić information content (AvgIpc) is 3.43. The van der Waals surface area contributed by atoms with Gasteiger partial charge in [0, 0.05) is 19.3 Å². The molecule has 0 aromatic carbocycles. The first-order valence-corrected chi connectivity index (χ1v) is 33.4. The van der Waals surface area contributed by atoms with Crippen LogP contribution >= 0.6 is 0 Å². The number of carbonyl (C=O) groups excluding carboxylic acids is 3. The highest BCUT2D eigenvalue weighted by atomic mass is 16.6. The monoisotopic (exact) mass is 1070 g/mol. The summed E-state index contributed by atoms with van der Waals surface area (Å²) in [6, 6.07) is 0. The van der Waals surface area contributed by atoms with Crippen molar-refractivity contribution < 1.29 is 28.6 Å². The zero-order valence-electron chi connectivity index (χ0n) is 51.2. The van der Waals surface area contributed by atoms with Gasteiger partial charge in [0.25, 0.3) is 0 Å². The summed E-state index contributed by atoms with van der Waals surface area (Å²) in [6.07, 6.45) is 84.9. The quantitative estimate of drug-likeness (QED) is 0.0261. The van der Waals surface area contributed by atoms with Crippen LogP contribution in [-0.2, 0) is 28.6 Å². The largest absolute Gasteiger partial charge is 0.462 e. The fraction of sp³-hybridized carbons (Fsp3) is 0.789. The molecule has 77 heavy (non-hydrogen) atoms. The maximum Gasteiger partial charge on any atom is 0.306 e. The molecule has 0 aromatic heterocycles. The van der Waals surface area contributed by atoms with E-state index >= 15 is 0 Å². The summed E-state index contributed by atoms with van der Waals surface area (Å²) < 4.78 is 16.9. The van der Waals surface area contributed by atoms with Crippen molar-refractivity contribution in [2.45, 2.75) is 348 Å². The number of ether oxygens (including phenoxy) is 3. The van der Waals surface area contributed by atoms with Crippen molar-refractivity contribution in [1.82, 2.24) is 0 Å². The molecule has 0 heterocycles. The van der Waals surface area contributed by atoms with E-state index in [1.54, 1.807) is 0 Å². The topological polar surface area (TPSA) is 78.9 Å². The summed E-state index contributed by atoms with van der Waals surface area (Å²) >= 11 is 0. The first kappa shape index (κ1) is 73.8. The zero-order chi connectivity index (χ0) is 55.7. The molecule has 1 unspecified atom stereocenters. The van der Waals surface area contributed by atoms with E-state index in [1.807, 2.05) is 0 Å². The Morgan fingerprint density at radius 3 is 0.831 bits per heavy atom. The lowest BCUT2D eigenvalue weighted by Gasteiger charge is -2.18. The molecule has 446 valence electrons. The third-order valence-electron chi connectivity index (χ3n) is 14.7. The second kappa shape index (κ2) is 65.4. The first-order valence-electron chi connectivity index (χ1n) is 33.4. The molecule has 0 N–H and O–H groups in total. The van der Waals surface area contributed by atoms with E-state index in [2.05, 4.69) is 93.7 Å². The Hall–Kier alpha value is -3.15. The van der Waals surface area contributed by atoms with Gasteiger partial charge in [0.05, 0.1) is 0 Å². The number of allylic oxidation sites excluding steroid dienone is 12. The molecule has 0 radical (unpaired) electrons. The second-order valence-electron chi connectivity index (χ2n) is 22.4. The molecule has 0 aromatic rings. The fourth-order valence-electron chi connectivity index (χ4n) is 9.69. The Morgan fingerprint density at radius 2 is 0.519 bits per heavy atom. The van der Waals surface area contributed by atoms with Crippen LogP contribution in [0.5, 0.6) is 0 Å². The maximum atomic E-state index is 12.9. The van der Waals surface area contributed by atoms with Crippen LogP contribution in [-0.4, -0.2) is 37.2 Å². The molecular formula is C71H126O6. The van der Waals surface area contributed by atoms with Crippen LogP contribution in [0.25, 0.3) is 0 Å². The number of unbranched alkanes of at least 4 members (excludes halogenated alkanes) is 38. The zero-order valence-corrected chi connectivity index (χ0v) is 51.2. The molecule has 0 fully saturated rings. The summed E-state index contributed by atoms with van der Waals surface area (Å²) in [5, 5.41) is 0. The Morgan fingerprint density at radius 1 is 0.273 bits per heavy atom. The van der Waals surface area contributed by atoms with Gasteiger partial charge in [0.2, 0.25) is 0 Å². The van der Waals surface area contributed by atoms with Gasteiger partial charge in [-0.25, -0.2) is 0 Å². The Labute approximate surface area is 478 Å². The van der Waals surface area contributed by atoms with E-state index in [0.717, 1.165) is 103 Å². The number of carbonyl (C=O) groups is 3. The van der Waals surface area contributed by atoms with E-state index in [-0.39, 0.29) is 31.1 Å². The highest BCUT2D eigenvalue weighted by Crippen LogP contribution is 2.18. The number of hydrogen-bond donors (Lipinski definition) is 0. The predicted molar refractivity (Wildman–Crippen MR) is 335 cm³/mol. The lowest BCUT2D eigenvalue weighted by atomic mass is 10.0. The van der Waals surface area contributed by atoms with Crippen LogP contribution in [0.2, 0.25) is 0 Å². The van der Waals surface area contributed by atoms with Crippen molar-refractivity contribution in [2.24, 2.45) is 0 Å². The van der Waals surface area contributed by atoms with Crippen LogP contribution in [0.3, 0.4) is 0 Å². The Balaban J connectivity index is 4.22. The van der Waals surface area contributed by atoms with Gasteiger partial charge in [0.1, 0.15) is 13.2 Å². The van der Waals surface area contributed by atoms with Crippen molar-refractivity contribution in [3.8, 4) is 0 Å². The van der Waals surface area contributed by atoms with Crippen LogP contribution in [0.4, 0.5) is 0 Å². The van der Waals surface area contributed by atoms with Crippen LogP contribution < -0.4 is 0 Å². The fourth-order valence-corrected chi connectivity index (χ4v) is 9.69. The third kappa shape index (κ3) is 63.6. The van der Waals surface area contributed by atoms with E-state index in [4.69, 9.17) is 14.2 Å². The minimum absolute atomic E-state index is 0.0752. The molecule has 0 aliphatic heterocycles. The van der Waals surface area contributed by atoms with E-state index < -0.39 is 6.10 Å². The molecule has 0 aliphatic carbocycles. The van der Waals surface area contributed by atoms with Gasteiger partial charge >= 0.3 is 17.9 Å². The highest BCUT2D eigenvalue weighted by molar-refractivity contribution is 5.71. The molecule has 6 nitrogen and oxygen atoms in total. The summed E-state index contributed by atoms with van der Waals surface area (Å²) in [7, 11) is 0. The maximum absolute atomic E-state index is 12.9. The lowest BCUT2D eigenvalue weighted by molar-refractivity contribution is -0.167. The molecule has 0 bridgehead atoms. The van der Waals surface area contributed by atoms with Gasteiger partial charge in [0.15, 0.2) is 6.10 Å². The SMILES string of the molecule is CC/C=C\C/C=C\C/C=C\C/C=C\CCCCCCCCCCCCCCCCCCC(=O)OCC(COC(=O)CCCCCCC/C=C\C/C=C\CCCC)OC(=O)CCCCCCCCCCCCCCCCCC. The third-order valence-corrected chi connectivity index (χ3v) is 14.7. The first-order chi connectivity index (χ1) is 38.0. The average molecular weight is 1080 g/mol. The summed E-state index contributed by atoms with van der Waals surface area (Å²) in [5.41, 5.74) is 0. The van der Waals surface area contributed by atoms with E-state index in [9.17, 15) is 14.4 Å². The molecule has 0 amide bonds. The Kier molecular flexibility index (Phi) is 62.7. The van der Waals surface area contributed by atoms with Crippen molar-refractivity contribution in [3.05, 3.63) is 72.9 Å². The van der Waals surface area contributed by atoms with Gasteiger partial charge in [-0.05, 0) is 83.5 Å². The lowest BCUT2D eigenvalue weighted by Crippen LogP contribution is -2.30. The minimum Gasteiger partial charge on any atom is -0.462 e. The minimum atomic E-state index is -0.779. The Bertz CT molecular complexity index is 1420. The summed E-state index contributed by atoms with van der Waals surface area (Å²) in [5.74, 6) is -0.870. The van der Waals surface area contributed by atoms with Crippen molar-refractivity contribution in [2.75, 3.05) is 13.2 Å². The molecule has 0 saturated heterocycles. The molecule has 0 aliphatic rings. The number of rotatable bonds is 61. The summed E-state index contributed by atoms with van der Waals surface area (Å²) in [6.45, 7) is 6.52. The van der Waals surface area contributed by atoms with E-state index in [0.29, 0.717) is 19.3 Å². The van der Waals surface area contributed by atoms with Gasteiger partial charge in [-0.15, -0.1) is 0 Å². The van der Waals surface area contributed by atoms with Crippen molar-refractivity contribution in [3.63, 3.8) is 0 Å². The van der Waals surface area contributed by atoms with Crippen LogP contribution in [0.15, 0.2) is 72.9 Å². The van der Waals surface area contributed by atoms with Gasteiger partial charge in [-0.3, -0.25) is 14.4 Å². The van der Waals surface area contributed by atoms with Gasteiger partial charge < -0.3 is 14.2 Å². The molecule has 1 atom stereocenters. The van der Waals surface area contributed by atoms with Gasteiger partial charge in [-0.1, -0.05) is 312 Å².